The number of nitrogens with zero attached hydrogens (tertiary/aromatic N) is 2. The van der Waals surface area contributed by atoms with E-state index >= 15 is 0 Å². The number of urea groups is 1. The molecule has 1 aliphatic heterocycles. The summed E-state index contributed by atoms with van der Waals surface area (Å²) in [6, 6.07) is 12.1. The lowest BCUT2D eigenvalue weighted by atomic mass is 9.94. The number of amides is 4. The maximum atomic E-state index is 13.3. The van der Waals surface area contributed by atoms with E-state index in [1.165, 1.54) is 34.1 Å². The number of benzene rings is 2. The minimum absolute atomic E-state index is 0.208. The van der Waals surface area contributed by atoms with Crippen molar-refractivity contribution in [1.82, 2.24) is 9.80 Å². The Bertz CT molecular complexity index is 1000. The third-order valence-electron chi connectivity index (χ3n) is 7.25. The van der Waals surface area contributed by atoms with Crippen LogP contribution in [0.5, 0.6) is 0 Å². The van der Waals surface area contributed by atoms with Gasteiger partial charge in [0.25, 0.3) is 0 Å². The molecule has 2 aliphatic carbocycles. The van der Waals surface area contributed by atoms with E-state index in [0.717, 1.165) is 36.8 Å². The van der Waals surface area contributed by atoms with Crippen LogP contribution >= 0.6 is 0 Å². The third kappa shape index (κ3) is 4.68. The summed E-state index contributed by atoms with van der Waals surface area (Å²) < 4.78 is 26.5. The van der Waals surface area contributed by atoms with Crippen LogP contribution in [0.3, 0.4) is 0 Å². The lowest BCUT2D eigenvalue weighted by Crippen LogP contribution is -2.57. The van der Waals surface area contributed by atoms with Crippen molar-refractivity contribution < 1.29 is 23.2 Å². The maximum Gasteiger partial charge on any atom is 0.333 e. The molecule has 33 heavy (non-hydrogen) atoms. The van der Waals surface area contributed by atoms with E-state index in [9.17, 15) is 23.2 Å². The third-order valence-corrected chi connectivity index (χ3v) is 7.25. The van der Waals surface area contributed by atoms with E-state index in [1.54, 1.807) is 24.3 Å². The fraction of sp³-hybridized carbons (Fsp3) is 0.423. The molecular weight excluding hydrogens is 426 g/mol. The average molecular weight is 453 g/mol. The van der Waals surface area contributed by atoms with E-state index in [1.807, 2.05) is 0 Å². The number of hydrogen-bond acceptors (Lipinski definition) is 3. The van der Waals surface area contributed by atoms with Gasteiger partial charge >= 0.3 is 6.03 Å². The number of hydrogen-bond donors (Lipinski definition) is 0. The van der Waals surface area contributed by atoms with Crippen molar-refractivity contribution in [2.45, 2.75) is 44.9 Å². The van der Waals surface area contributed by atoms with E-state index < -0.39 is 17.8 Å². The highest BCUT2D eigenvalue weighted by Gasteiger charge is 2.51. The van der Waals surface area contributed by atoms with Crippen molar-refractivity contribution in [2.75, 3.05) is 13.1 Å². The first kappa shape index (κ1) is 21.7. The zero-order valence-corrected chi connectivity index (χ0v) is 18.4. The zero-order chi connectivity index (χ0) is 23.2. The summed E-state index contributed by atoms with van der Waals surface area (Å²) >= 11 is 0. The Balaban J connectivity index is 1.27. The van der Waals surface area contributed by atoms with Crippen LogP contribution in [0.2, 0.25) is 0 Å². The van der Waals surface area contributed by atoms with Gasteiger partial charge in [0.05, 0.1) is 0 Å². The Hall–Kier alpha value is -3.09. The molecule has 3 fully saturated rings. The summed E-state index contributed by atoms with van der Waals surface area (Å²) in [5.41, 5.74) is 1.52. The highest BCUT2D eigenvalue weighted by atomic mass is 19.1. The highest BCUT2D eigenvalue weighted by Crippen LogP contribution is 2.51. The molecule has 0 spiro atoms. The monoisotopic (exact) mass is 452 g/mol. The maximum absolute atomic E-state index is 13.3. The van der Waals surface area contributed by atoms with Crippen molar-refractivity contribution >= 4 is 17.8 Å². The first-order chi connectivity index (χ1) is 15.8. The van der Waals surface area contributed by atoms with Gasteiger partial charge in [-0.1, -0.05) is 24.3 Å². The molecule has 2 aromatic rings. The van der Waals surface area contributed by atoms with Gasteiger partial charge in [-0.15, -0.1) is 0 Å². The number of carbonyl (C=O) groups is 3. The van der Waals surface area contributed by atoms with Crippen molar-refractivity contribution in [3.05, 3.63) is 71.3 Å². The van der Waals surface area contributed by atoms with Crippen molar-refractivity contribution in [3.8, 4) is 0 Å². The first-order valence-corrected chi connectivity index (χ1v) is 11.4. The summed E-state index contributed by atoms with van der Waals surface area (Å²) in [6.45, 7) is 0.549. The van der Waals surface area contributed by atoms with Crippen molar-refractivity contribution in [2.24, 2.45) is 10.8 Å². The van der Waals surface area contributed by atoms with Crippen LogP contribution in [0.4, 0.5) is 13.6 Å². The molecule has 7 heteroatoms. The summed E-state index contributed by atoms with van der Waals surface area (Å²) in [4.78, 5) is 41.0. The highest BCUT2D eigenvalue weighted by molar-refractivity contribution is 6.14. The van der Waals surface area contributed by atoms with Gasteiger partial charge in [-0.3, -0.25) is 19.4 Å². The minimum Gasteiger partial charge on any atom is -0.274 e. The molecule has 1 heterocycles. The normalized spacial score (nSPS) is 20.8. The van der Waals surface area contributed by atoms with Crippen LogP contribution in [-0.4, -0.2) is 40.7 Å². The summed E-state index contributed by atoms with van der Waals surface area (Å²) in [7, 11) is 0. The van der Waals surface area contributed by atoms with E-state index in [-0.39, 0.29) is 42.0 Å². The fourth-order valence-corrected chi connectivity index (χ4v) is 4.87. The molecular formula is C26H26F2N2O3. The summed E-state index contributed by atoms with van der Waals surface area (Å²) in [5, 5.41) is 0. The summed E-state index contributed by atoms with van der Waals surface area (Å²) in [6.07, 6.45) is 4.53. The lowest BCUT2D eigenvalue weighted by molar-refractivity contribution is -0.143. The average Bonchev–Trinajstić information content (AvgIpc) is 3.71. The van der Waals surface area contributed by atoms with E-state index in [2.05, 4.69) is 0 Å². The smallest absolute Gasteiger partial charge is 0.274 e. The first-order valence-electron chi connectivity index (χ1n) is 11.4. The van der Waals surface area contributed by atoms with Crippen molar-refractivity contribution in [1.29, 1.82) is 0 Å². The molecule has 4 amide bonds. The second kappa shape index (κ2) is 8.04. The molecule has 5 rings (SSSR count). The number of carbonyl (C=O) groups excluding carboxylic acids is 3. The quantitative estimate of drug-likeness (QED) is 0.555. The SMILES string of the molecule is O=C1CC(=O)N(CC2(Cc3ccc(F)cc3)CC2)C(=O)N1CC1(Cc2ccc(F)cc2)CC1. The number of halogens is 2. The van der Waals surface area contributed by atoms with Crippen LogP contribution in [0, 0.1) is 22.5 Å². The topological polar surface area (TPSA) is 57.7 Å². The van der Waals surface area contributed by atoms with Gasteiger partial charge in [0.15, 0.2) is 0 Å². The lowest BCUT2D eigenvalue weighted by Gasteiger charge is -2.36. The van der Waals surface area contributed by atoms with E-state index in [0.29, 0.717) is 12.8 Å². The molecule has 172 valence electrons. The Morgan fingerprint density at radius 3 is 1.33 bits per heavy atom. The molecule has 5 nitrogen and oxygen atoms in total. The van der Waals surface area contributed by atoms with Crippen molar-refractivity contribution in [3.63, 3.8) is 0 Å². The van der Waals surface area contributed by atoms with Gasteiger partial charge in [-0.2, -0.15) is 0 Å². The van der Waals surface area contributed by atoms with Crippen LogP contribution < -0.4 is 0 Å². The predicted octanol–water partition coefficient (Wildman–Crippen LogP) is 4.49. The fourth-order valence-electron chi connectivity index (χ4n) is 4.87. The molecule has 0 unspecified atom stereocenters. The Morgan fingerprint density at radius 1 is 0.636 bits per heavy atom. The van der Waals surface area contributed by atoms with Gasteiger partial charge in [0.2, 0.25) is 11.8 Å². The Labute approximate surface area is 191 Å². The van der Waals surface area contributed by atoms with Crippen LogP contribution in [0.1, 0.15) is 43.2 Å². The van der Waals surface area contributed by atoms with Gasteiger partial charge in [-0.05, 0) is 84.7 Å². The second-order valence-electron chi connectivity index (χ2n) is 10.0. The molecule has 2 saturated carbocycles. The Kier molecular flexibility index (Phi) is 5.30. The Morgan fingerprint density at radius 2 is 1.00 bits per heavy atom. The van der Waals surface area contributed by atoms with Crippen LogP contribution in [-0.2, 0) is 22.4 Å². The zero-order valence-electron chi connectivity index (χ0n) is 18.4. The molecule has 2 aromatic carbocycles. The standard InChI is InChI=1S/C26H26F2N2O3/c27-20-5-1-18(2-6-20)14-25(9-10-25)16-29-22(31)13-23(32)30(24(29)33)17-26(11-12-26)15-19-3-7-21(28)8-4-19/h1-8H,9-17H2. The van der Waals surface area contributed by atoms with Gasteiger partial charge < -0.3 is 0 Å². The van der Waals surface area contributed by atoms with E-state index in [4.69, 9.17) is 0 Å². The molecule has 0 N–H and O–H groups in total. The molecule has 0 bridgehead atoms. The molecule has 0 atom stereocenters. The van der Waals surface area contributed by atoms with Gasteiger partial charge in [0.1, 0.15) is 18.1 Å². The van der Waals surface area contributed by atoms with Crippen LogP contribution in [0.15, 0.2) is 48.5 Å². The largest absolute Gasteiger partial charge is 0.333 e. The molecule has 3 aliphatic rings. The van der Waals surface area contributed by atoms with Gasteiger partial charge in [0, 0.05) is 13.1 Å². The number of rotatable bonds is 8. The molecule has 1 saturated heterocycles. The molecule has 0 radical (unpaired) electrons. The van der Waals surface area contributed by atoms with Crippen LogP contribution in [0.25, 0.3) is 0 Å². The number of imide groups is 2. The molecule has 0 aromatic heterocycles. The second-order valence-corrected chi connectivity index (χ2v) is 10.0. The summed E-state index contributed by atoms with van der Waals surface area (Å²) in [5.74, 6) is -1.49. The number of barbiturate groups is 1. The van der Waals surface area contributed by atoms with Gasteiger partial charge in [-0.25, -0.2) is 13.6 Å². The minimum atomic E-state index is -0.535. The predicted molar refractivity (Wildman–Crippen MR) is 117 cm³/mol.